The molecule has 17 heavy (non-hydrogen) atoms. The normalized spacial score (nSPS) is 11.1. The molecule has 1 heterocycles. The van der Waals surface area contributed by atoms with Crippen LogP contribution in [0.4, 0.5) is 0 Å². The summed E-state index contributed by atoms with van der Waals surface area (Å²) in [5.74, 6) is 0.568. The highest BCUT2D eigenvalue weighted by Crippen LogP contribution is 2.28. The summed E-state index contributed by atoms with van der Waals surface area (Å²) >= 11 is 1.76. The summed E-state index contributed by atoms with van der Waals surface area (Å²) in [6.07, 6.45) is 1.02. The average Bonchev–Trinajstić information content (AvgIpc) is 2.77. The van der Waals surface area contributed by atoms with Crippen molar-refractivity contribution in [1.82, 2.24) is 4.98 Å². The molecule has 2 aromatic rings. The molecule has 0 amide bonds. The Bertz CT molecular complexity index is 511. The largest absolute Gasteiger partial charge is 0.241 e. The SMILES string of the molecule is CCc1nc(-c2cc(C(C)C)ccc2C)cs1. The van der Waals surface area contributed by atoms with E-state index in [2.05, 4.69) is 56.3 Å². The van der Waals surface area contributed by atoms with E-state index in [-0.39, 0.29) is 0 Å². The van der Waals surface area contributed by atoms with E-state index < -0.39 is 0 Å². The Hall–Kier alpha value is -1.15. The first-order valence-corrected chi connectivity index (χ1v) is 7.05. The molecule has 0 atom stereocenters. The number of hydrogen-bond donors (Lipinski definition) is 0. The summed E-state index contributed by atoms with van der Waals surface area (Å²) in [5, 5.41) is 3.39. The van der Waals surface area contributed by atoms with Crippen molar-refractivity contribution in [3.8, 4) is 11.3 Å². The minimum Gasteiger partial charge on any atom is -0.241 e. The molecule has 0 saturated heterocycles. The van der Waals surface area contributed by atoms with Crippen LogP contribution >= 0.6 is 11.3 Å². The molecule has 0 unspecified atom stereocenters. The number of aromatic nitrogens is 1. The monoisotopic (exact) mass is 245 g/mol. The summed E-state index contributed by atoms with van der Waals surface area (Å²) in [6.45, 7) is 8.77. The standard InChI is InChI=1S/C15H19NS/c1-5-15-16-14(9-17-15)13-8-12(10(2)3)7-6-11(13)4/h6-10H,5H2,1-4H3. The van der Waals surface area contributed by atoms with Gasteiger partial charge in [-0.3, -0.25) is 0 Å². The number of aryl methyl sites for hydroxylation is 2. The zero-order valence-electron chi connectivity index (χ0n) is 10.9. The molecule has 0 bridgehead atoms. The lowest BCUT2D eigenvalue weighted by Gasteiger charge is -2.09. The zero-order valence-corrected chi connectivity index (χ0v) is 11.8. The average molecular weight is 245 g/mol. The first-order valence-electron chi connectivity index (χ1n) is 6.17. The Morgan fingerprint density at radius 2 is 2.06 bits per heavy atom. The fraction of sp³-hybridized carbons (Fsp3) is 0.400. The summed E-state index contributed by atoms with van der Waals surface area (Å²) in [7, 11) is 0. The van der Waals surface area contributed by atoms with Gasteiger partial charge in [-0.15, -0.1) is 11.3 Å². The van der Waals surface area contributed by atoms with Crippen LogP contribution in [0.2, 0.25) is 0 Å². The van der Waals surface area contributed by atoms with Crippen molar-refractivity contribution in [3.05, 3.63) is 39.7 Å². The number of hydrogen-bond acceptors (Lipinski definition) is 2. The third-order valence-electron chi connectivity index (χ3n) is 3.06. The molecule has 90 valence electrons. The molecule has 0 saturated carbocycles. The van der Waals surface area contributed by atoms with Crippen molar-refractivity contribution in [2.24, 2.45) is 0 Å². The first kappa shape index (κ1) is 12.3. The van der Waals surface area contributed by atoms with Gasteiger partial charge in [-0.1, -0.05) is 32.9 Å². The molecule has 1 aromatic carbocycles. The van der Waals surface area contributed by atoms with Crippen molar-refractivity contribution in [3.63, 3.8) is 0 Å². The summed E-state index contributed by atoms with van der Waals surface area (Å²) < 4.78 is 0. The topological polar surface area (TPSA) is 12.9 Å². The molecule has 1 nitrogen and oxygen atoms in total. The van der Waals surface area contributed by atoms with Crippen molar-refractivity contribution >= 4 is 11.3 Å². The maximum atomic E-state index is 4.68. The summed E-state index contributed by atoms with van der Waals surface area (Å²) in [6, 6.07) is 6.71. The second-order valence-electron chi connectivity index (χ2n) is 4.71. The predicted molar refractivity (Wildman–Crippen MR) is 75.8 cm³/mol. The molecule has 0 aliphatic rings. The highest BCUT2D eigenvalue weighted by Gasteiger charge is 2.08. The third kappa shape index (κ3) is 2.58. The van der Waals surface area contributed by atoms with Gasteiger partial charge >= 0.3 is 0 Å². The number of thiazole rings is 1. The minimum absolute atomic E-state index is 0.568. The van der Waals surface area contributed by atoms with E-state index in [1.165, 1.54) is 21.7 Å². The molecular formula is C15H19NS. The molecule has 2 heteroatoms. The van der Waals surface area contributed by atoms with Crippen LogP contribution in [0, 0.1) is 6.92 Å². The molecule has 0 N–H and O–H groups in total. The van der Waals surface area contributed by atoms with Gasteiger partial charge in [0.2, 0.25) is 0 Å². The van der Waals surface area contributed by atoms with Gasteiger partial charge in [0.05, 0.1) is 10.7 Å². The third-order valence-corrected chi connectivity index (χ3v) is 4.05. The highest BCUT2D eigenvalue weighted by atomic mass is 32.1. The zero-order chi connectivity index (χ0) is 12.4. The Kier molecular flexibility index (Phi) is 3.63. The number of nitrogens with zero attached hydrogens (tertiary/aromatic N) is 1. The fourth-order valence-corrected chi connectivity index (χ4v) is 2.62. The Labute approximate surface area is 108 Å². The van der Waals surface area contributed by atoms with E-state index in [1.807, 2.05) is 0 Å². The second-order valence-corrected chi connectivity index (χ2v) is 5.65. The molecule has 0 fully saturated rings. The number of benzene rings is 1. The van der Waals surface area contributed by atoms with Crippen LogP contribution in [0.1, 0.15) is 42.8 Å². The lowest BCUT2D eigenvalue weighted by molar-refractivity contribution is 0.866. The van der Waals surface area contributed by atoms with Crippen molar-refractivity contribution in [1.29, 1.82) is 0 Å². The van der Waals surface area contributed by atoms with Crippen LogP contribution in [-0.2, 0) is 6.42 Å². The van der Waals surface area contributed by atoms with Crippen LogP contribution in [0.25, 0.3) is 11.3 Å². The smallest absolute Gasteiger partial charge is 0.0929 e. The molecule has 0 aliphatic carbocycles. The molecular weight excluding hydrogens is 226 g/mol. The van der Waals surface area contributed by atoms with Gasteiger partial charge in [-0.05, 0) is 36.5 Å². The van der Waals surface area contributed by atoms with Gasteiger partial charge < -0.3 is 0 Å². The second kappa shape index (κ2) is 5.01. The minimum atomic E-state index is 0.568. The maximum absolute atomic E-state index is 4.68. The molecule has 0 aliphatic heterocycles. The van der Waals surface area contributed by atoms with Crippen LogP contribution < -0.4 is 0 Å². The van der Waals surface area contributed by atoms with Crippen LogP contribution in [0.3, 0.4) is 0 Å². The number of rotatable bonds is 3. The Morgan fingerprint density at radius 1 is 1.29 bits per heavy atom. The molecule has 0 radical (unpaired) electrons. The van der Waals surface area contributed by atoms with Crippen molar-refractivity contribution < 1.29 is 0 Å². The van der Waals surface area contributed by atoms with E-state index in [0.29, 0.717) is 5.92 Å². The Morgan fingerprint density at radius 3 is 2.65 bits per heavy atom. The van der Waals surface area contributed by atoms with Gasteiger partial charge in [0.1, 0.15) is 0 Å². The first-order chi connectivity index (χ1) is 8.11. The van der Waals surface area contributed by atoms with Gasteiger partial charge in [0.15, 0.2) is 0 Å². The van der Waals surface area contributed by atoms with Crippen LogP contribution in [0.5, 0.6) is 0 Å². The van der Waals surface area contributed by atoms with Gasteiger partial charge in [-0.25, -0.2) is 4.98 Å². The van der Waals surface area contributed by atoms with Crippen LogP contribution in [0.15, 0.2) is 23.6 Å². The van der Waals surface area contributed by atoms with E-state index >= 15 is 0 Å². The van der Waals surface area contributed by atoms with E-state index in [9.17, 15) is 0 Å². The van der Waals surface area contributed by atoms with Crippen LogP contribution in [-0.4, -0.2) is 4.98 Å². The summed E-state index contributed by atoms with van der Waals surface area (Å²) in [4.78, 5) is 4.68. The summed E-state index contributed by atoms with van der Waals surface area (Å²) in [5.41, 5.74) is 5.11. The molecule has 0 spiro atoms. The lowest BCUT2D eigenvalue weighted by Crippen LogP contribution is -1.91. The van der Waals surface area contributed by atoms with Gasteiger partial charge in [-0.2, -0.15) is 0 Å². The van der Waals surface area contributed by atoms with Gasteiger partial charge in [0.25, 0.3) is 0 Å². The van der Waals surface area contributed by atoms with Crippen molar-refractivity contribution in [2.75, 3.05) is 0 Å². The predicted octanol–water partition coefficient (Wildman–Crippen LogP) is 4.80. The van der Waals surface area contributed by atoms with Gasteiger partial charge in [0, 0.05) is 10.9 Å². The van der Waals surface area contributed by atoms with E-state index in [1.54, 1.807) is 11.3 Å². The fourth-order valence-electron chi connectivity index (χ4n) is 1.87. The van der Waals surface area contributed by atoms with E-state index in [4.69, 9.17) is 0 Å². The van der Waals surface area contributed by atoms with Crippen molar-refractivity contribution in [2.45, 2.75) is 40.0 Å². The highest BCUT2D eigenvalue weighted by molar-refractivity contribution is 7.09. The maximum Gasteiger partial charge on any atom is 0.0929 e. The lowest BCUT2D eigenvalue weighted by atomic mass is 9.97. The quantitative estimate of drug-likeness (QED) is 0.756. The molecule has 2 rings (SSSR count). The van der Waals surface area contributed by atoms with E-state index in [0.717, 1.165) is 12.1 Å². The molecule has 1 aromatic heterocycles. The Balaban J connectivity index is 2.46.